The average molecular weight is 346 g/mol. The lowest BCUT2D eigenvalue weighted by molar-refractivity contribution is -0.137. The number of benzene rings is 1. The van der Waals surface area contributed by atoms with E-state index in [1.54, 1.807) is 12.1 Å². The molecule has 0 spiro atoms. The highest BCUT2D eigenvalue weighted by molar-refractivity contribution is 5.92. The molecule has 2 aromatic rings. The van der Waals surface area contributed by atoms with Gasteiger partial charge in [-0.05, 0) is 36.4 Å². The van der Waals surface area contributed by atoms with Crippen molar-refractivity contribution in [2.75, 3.05) is 20.2 Å². The van der Waals surface area contributed by atoms with Gasteiger partial charge in [0.2, 0.25) is 5.91 Å². The molecule has 132 valence electrons. The van der Waals surface area contributed by atoms with Crippen molar-refractivity contribution in [1.29, 1.82) is 0 Å². The molecule has 8 nitrogen and oxygen atoms in total. The minimum absolute atomic E-state index is 0.0212. The minimum Gasteiger partial charge on any atom is -0.508 e. The second kappa shape index (κ2) is 8.53. The van der Waals surface area contributed by atoms with Gasteiger partial charge in [-0.25, -0.2) is 4.79 Å². The van der Waals surface area contributed by atoms with E-state index in [-0.39, 0.29) is 30.3 Å². The van der Waals surface area contributed by atoms with E-state index >= 15 is 0 Å². The Morgan fingerprint density at radius 1 is 1.20 bits per heavy atom. The van der Waals surface area contributed by atoms with Crippen molar-refractivity contribution in [3.63, 3.8) is 0 Å². The normalized spacial score (nSPS) is 10.1. The third-order valence-corrected chi connectivity index (χ3v) is 3.28. The first-order valence-corrected chi connectivity index (χ1v) is 7.45. The molecule has 8 heteroatoms. The van der Waals surface area contributed by atoms with Crippen molar-refractivity contribution in [2.45, 2.75) is 6.54 Å². The topological polar surface area (TPSA) is 109 Å². The highest BCUT2D eigenvalue weighted by atomic mass is 16.5. The Balaban J connectivity index is 1.72. The highest BCUT2D eigenvalue weighted by Gasteiger charge is 2.16. The van der Waals surface area contributed by atoms with Gasteiger partial charge in [-0.2, -0.15) is 0 Å². The number of nitrogens with zero attached hydrogens (tertiary/aromatic N) is 1. The van der Waals surface area contributed by atoms with E-state index in [2.05, 4.69) is 5.32 Å². The third kappa shape index (κ3) is 5.69. The first kappa shape index (κ1) is 18.1. The van der Waals surface area contributed by atoms with Gasteiger partial charge in [0.05, 0.1) is 24.9 Å². The molecule has 2 rings (SSSR count). The monoisotopic (exact) mass is 346 g/mol. The summed E-state index contributed by atoms with van der Waals surface area (Å²) in [6.07, 6.45) is 1.50. The molecule has 1 aromatic heterocycles. The van der Waals surface area contributed by atoms with Crippen LogP contribution in [0, 0.1) is 0 Å². The molecular weight excluding hydrogens is 328 g/mol. The van der Waals surface area contributed by atoms with E-state index in [9.17, 15) is 14.4 Å². The van der Waals surface area contributed by atoms with E-state index in [1.807, 2.05) is 0 Å². The van der Waals surface area contributed by atoms with Crippen LogP contribution in [-0.4, -0.2) is 48.0 Å². The molecule has 0 radical (unpaired) electrons. The van der Waals surface area contributed by atoms with Crippen LogP contribution in [0.5, 0.6) is 5.75 Å². The Kier molecular flexibility index (Phi) is 6.16. The first-order chi connectivity index (χ1) is 12.0. The smallest absolute Gasteiger partial charge is 0.338 e. The zero-order valence-electron chi connectivity index (χ0n) is 13.6. The predicted octanol–water partition coefficient (Wildman–Crippen LogP) is 0.917. The third-order valence-electron chi connectivity index (χ3n) is 3.28. The number of hydrogen-bond acceptors (Lipinski definition) is 6. The summed E-state index contributed by atoms with van der Waals surface area (Å²) in [5.41, 5.74) is 0.212. The molecule has 2 N–H and O–H groups in total. The maximum Gasteiger partial charge on any atom is 0.338 e. The van der Waals surface area contributed by atoms with Crippen LogP contribution in [0.4, 0.5) is 0 Å². The molecule has 0 aliphatic heterocycles. The van der Waals surface area contributed by atoms with Gasteiger partial charge in [0, 0.05) is 7.05 Å². The maximum atomic E-state index is 11.9. The fraction of sp³-hybridized carbons (Fsp3) is 0.235. The molecule has 0 saturated carbocycles. The molecule has 0 bridgehead atoms. The SMILES string of the molecule is CN(CC(=O)NCc1ccco1)C(=O)COC(=O)c1ccc(O)cc1. The van der Waals surface area contributed by atoms with E-state index in [4.69, 9.17) is 14.3 Å². The summed E-state index contributed by atoms with van der Waals surface area (Å²) in [4.78, 5) is 36.6. The van der Waals surface area contributed by atoms with Crippen molar-refractivity contribution in [1.82, 2.24) is 10.2 Å². The molecule has 0 aliphatic carbocycles. The fourth-order valence-electron chi connectivity index (χ4n) is 1.88. The quantitative estimate of drug-likeness (QED) is 0.722. The van der Waals surface area contributed by atoms with Crippen molar-refractivity contribution in [3.8, 4) is 5.75 Å². The number of rotatable bonds is 7. The molecule has 1 heterocycles. The molecule has 2 amide bonds. The van der Waals surface area contributed by atoms with Crippen LogP contribution in [0.25, 0.3) is 0 Å². The van der Waals surface area contributed by atoms with Crippen molar-refractivity contribution in [3.05, 3.63) is 54.0 Å². The second-order valence-corrected chi connectivity index (χ2v) is 5.23. The van der Waals surface area contributed by atoms with Gasteiger partial charge in [0.15, 0.2) is 6.61 Å². The van der Waals surface area contributed by atoms with Gasteiger partial charge < -0.3 is 24.5 Å². The molecule has 0 atom stereocenters. The molecule has 1 aromatic carbocycles. The number of phenols is 1. The number of ether oxygens (including phenoxy) is 1. The number of phenolic OH excluding ortho intramolecular Hbond substituents is 1. The number of carbonyl (C=O) groups is 3. The number of likely N-dealkylation sites (N-methyl/N-ethyl adjacent to an activating group) is 1. The van der Waals surface area contributed by atoms with Crippen molar-refractivity contribution in [2.24, 2.45) is 0 Å². The van der Waals surface area contributed by atoms with Gasteiger partial charge >= 0.3 is 5.97 Å². The zero-order valence-corrected chi connectivity index (χ0v) is 13.6. The van der Waals surface area contributed by atoms with Crippen LogP contribution in [0.3, 0.4) is 0 Å². The van der Waals surface area contributed by atoms with E-state index in [0.717, 1.165) is 4.90 Å². The Morgan fingerprint density at radius 2 is 1.92 bits per heavy atom. The largest absolute Gasteiger partial charge is 0.508 e. The predicted molar refractivity (Wildman–Crippen MR) is 86.6 cm³/mol. The summed E-state index contributed by atoms with van der Waals surface area (Å²) in [6.45, 7) is -0.429. The van der Waals surface area contributed by atoms with Gasteiger partial charge in [0.1, 0.15) is 11.5 Å². The van der Waals surface area contributed by atoms with Crippen LogP contribution in [0.15, 0.2) is 47.1 Å². The Bertz CT molecular complexity index is 724. The van der Waals surface area contributed by atoms with Crippen LogP contribution in [0.2, 0.25) is 0 Å². The zero-order chi connectivity index (χ0) is 18.2. The van der Waals surface area contributed by atoms with Crippen LogP contribution >= 0.6 is 0 Å². The summed E-state index contributed by atoms with van der Waals surface area (Å²) in [7, 11) is 1.43. The minimum atomic E-state index is -0.691. The number of aromatic hydroxyl groups is 1. The lowest BCUT2D eigenvalue weighted by atomic mass is 10.2. The number of esters is 1. The standard InChI is InChI=1S/C17H18N2O6/c1-19(10-15(21)18-9-14-3-2-8-24-14)16(22)11-25-17(23)12-4-6-13(20)7-5-12/h2-8,20H,9-11H2,1H3,(H,18,21). The number of amides is 2. The van der Waals surface area contributed by atoms with Gasteiger partial charge in [-0.3, -0.25) is 9.59 Å². The fourth-order valence-corrected chi connectivity index (χ4v) is 1.88. The highest BCUT2D eigenvalue weighted by Crippen LogP contribution is 2.10. The average Bonchev–Trinajstić information content (AvgIpc) is 3.11. The maximum absolute atomic E-state index is 11.9. The molecule has 0 saturated heterocycles. The molecule has 0 fully saturated rings. The summed E-state index contributed by atoms with van der Waals surface area (Å²) < 4.78 is 9.98. The lowest BCUT2D eigenvalue weighted by Gasteiger charge is -2.16. The number of furan rings is 1. The van der Waals surface area contributed by atoms with E-state index in [1.165, 1.54) is 37.6 Å². The van der Waals surface area contributed by atoms with E-state index in [0.29, 0.717) is 5.76 Å². The van der Waals surface area contributed by atoms with Crippen molar-refractivity contribution >= 4 is 17.8 Å². The Hall–Kier alpha value is -3.29. The number of hydrogen-bond donors (Lipinski definition) is 2. The molecule has 25 heavy (non-hydrogen) atoms. The van der Waals surface area contributed by atoms with Crippen LogP contribution in [-0.2, 0) is 20.9 Å². The van der Waals surface area contributed by atoms with Gasteiger partial charge in [-0.15, -0.1) is 0 Å². The molecule has 0 aliphatic rings. The van der Waals surface area contributed by atoms with Gasteiger partial charge in [-0.1, -0.05) is 0 Å². The number of carbonyl (C=O) groups excluding carboxylic acids is 3. The Labute approximate surface area is 144 Å². The number of nitrogens with one attached hydrogen (secondary N) is 1. The van der Waals surface area contributed by atoms with E-state index < -0.39 is 18.5 Å². The van der Waals surface area contributed by atoms with Crippen molar-refractivity contribution < 1.29 is 28.6 Å². The summed E-state index contributed by atoms with van der Waals surface area (Å²) in [5, 5.41) is 11.8. The molecule has 0 unspecified atom stereocenters. The van der Waals surface area contributed by atoms with Crippen LogP contribution in [0.1, 0.15) is 16.1 Å². The van der Waals surface area contributed by atoms with Crippen LogP contribution < -0.4 is 5.32 Å². The first-order valence-electron chi connectivity index (χ1n) is 7.45. The summed E-state index contributed by atoms with van der Waals surface area (Å²) in [6, 6.07) is 8.88. The lowest BCUT2D eigenvalue weighted by Crippen LogP contribution is -2.39. The second-order valence-electron chi connectivity index (χ2n) is 5.23. The summed E-state index contributed by atoms with van der Waals surface area (Å²) >= 11 is 0. The summed E-state index contributed by atoms with van der Waals surface area (Å²) in [5.74, 6) is -0.945. The Morgan fingerprint density at radius 3 is 2.56 bits per heavy atom. The molecular formula is C17H18N2O6. The van der Waals surface area contributed by atoms with Gasteiger partial charge in [0.25, 0.3) is 5.91 Å².